The fraction of sp³-hybridized carbons (Fsp3) is 0.889. The van der Waals surface area contributed by atoms with Crippen LogP contribution in [-0.4, -0.2) is 50.3 Å². The molecule has 0 aromatic rings. The van der Waals surface area contributed by atoms with Gasteiger partial charge in [0.1, 0.15) is 6.04 Å². The molecule has 0 N–H and O–H groups in total. The van der Waals surface area contributed by atoms with Gasteiger partial charge in [0.05, 0.1) is 13.2 Å². The van der Waals surface area contributed by atoms with Gasteiger partial charge in [-0.05, 0) is 6.54 Å². The predicted molar refractivity (Wildman–Crippen MR) is 48.5 cm³/mol. The van der Waals surface area contributed by atoms with Crippen LogP contribution < -0.4 is 0 Å². The summed E-state index contributed by atoms with van der Waals surface area (Å²) in [5.74, 6) is -0.151. The van der Waals surface area contributed by atoms with E-state index in [9.17, 15) is 4.79 Å². The number of carbonyl (C=O) groups excluding carboxylic acids is 1. The van der Waals surface area contributed by atoms with E-state index in [1.165, 1.54) is 7.11 Å². The van der Waals surface area contributed by atoms with Gasteiger partial charge in [-0.2, -0.15) is 0 Å². The monoisotopic (exact) mass is 187 g/mol. The summed E-state index contributed by atoms with van der Waals surface area (Å²) in [5.41, 5.74) is 0. The third-order valence-corrected chi connectivity index (χ3v) is 2.58. The van der Waals surface area contributed by atoms with E-state index in [-0.39, 0.29) is 18.1 Å². The fourth-order valence-electron chi connectivity index (χ4n) is 1.76. The van der Waals surface area contributed by atoms with Gasteiger partial charge in [0, 0.05) is 20.1 Å². The standard InChI is InChI=1S/C9H17NO3/c1-4-10-6-7(12-2)5-8(10)9(11)13-3/h7-8H,4-6H2,1-3H3/t7?,8-/m1/s1. The van der Waals surface area contributed by atoms with Crippen molar-refractivity contribution in [3.63, 3.8) is 0 Å². The molecule has 1 unspecified atom stereocenters. The number of rotatable bonds is 3. The highest BCUT2D eigenvalue weighted by molar-refractivity contribution is 5.76. The summed E-state index contributed by atoms with van der Waals surface area (Å²) in [7, 11) is 3.11. The zero-order valence-corrected chi connectivity index (χ0v) is 8.45. The quantitative estimate of drug-likeness (QED) is 0.594. The van der Waals surface area contributed by atoms with Crippen LogP contribution in [0.1, 0.15) is 13.3 Å². The molecule has 4 heteroatoms. The van der Waals surface area contributed by atoms with Crippen molar-refractivity contribution in [3.05, 3.63) is 0 Å². The summed E-state index contributed by atoms with van der Waals surface area (Å²) < 4.78 is 9.94. The Bertz CT molecular complexity index is 184. The number of methoxy groups -OCH3 is 2. The van der Waals surface area contributed by atoms with E-state index in [0.29, 0.717) is 0 Å². The highest BCUT2D eigenvalue weighted by atomic mass is 16.5. The van der Waals surface area contributed by atoms with E-state index in [2.05, 4.69) is 4.90 Å². The minimum atomic E-state index is -0.151. The second-order valence-corrected chi connectivity index (χ2v) is 3.22. The van der Waals surface area contributed by atoms with Crippen molar-refractivity contribution in [2.45, 2.75) is 25.5 Å². The highest BCUT2D eigenvalue weighted by Crippen LogP contribution is 2.20. The van der Waals surface area contributed by atoms with E-state index in [1.54, 1.807) is 7.11 Å². The first-order chi connectivity index (χ1) is 6.22. The lowest BCUT2D eigenvalue weighted by Gasteiger charge is -2.19. The SMILES string of the molecule is CCN1CC(OC)C[C@@H]1C(=O)OC. The van der Waals surface area contributed by atoms with Crippen molar-refractivity contribution < 1.29 is 14.3 Å². The van der Waals surface area contributed by atoms with Gasteiger partial charge in [0.2, 0.25) is 0 Å². The first kappa shape index (κ1) is 10.5. The molecule has 1 saturated heterocycles. The van der Waals surface area contributed by atoms with Crippen molar-refractivity contribution >= 4 is 5.97 Å². The predicted octanol–water partition coefficient (Wildman–Crippen LogP) is 0.269. The Kier molecular flexibility index (Phi) is 3.69. The summed E-state index contributed by atoms with van der Waals surface area (Å²) in [6.07, 6.45) is 0.917. The molecule has 1 heterocycles. The minimum Gasteiger partial charge on any atom is -0.468 e. The summed E-state index contributed by atoms with van der Waals surface area (Å²) in [6.45, 7) is 3.72. The maximum absolute atomic E-state index is 11.3. The smallest absolute Gasteiger partial charge is 0.323 e. The maximum atomic E-state index is 11.3. The van der Waals surface area contributed by atoms with Gasteiger partial charge < -0.3 is 9.47 Å². The van der Waals surface area contributed by atoms with Crippen LogP contribution in [0.5, 0.6) is 0 Å². The molecule has 0 saturated carbocycles. The molecule has 2 atom stereocenters. The fourth-order valence-corrected chi connectivity index (χ4v) is 1.76. The molecule has 1 aliphatic heterocycles. The zero-order chi connectivity index (χ0) is 9.84. The van der Waals surface area contributed by atoms with Crippen molar-refractivity contribution in [2.24, 2.45) is 0 Å². The van der Waals surface area contributed by atoms with Crippen LogP contribution in [0.15, 0.2) is 0 Å². The van der Waals surface area contributed by atoms with Crippen LogP contribution in [0, 0.1) is 0 Å². The van der Waals surface area contributed by atoms with E-state index in [4.69, 9.17) is 9.47 Å². The van der Waals surface area contributed by atoms with Crippen LogP contribution >= 0.6 is 0 Å². The number of likely N-dealkylation sites (tertiary alicyclic amines) is 1. The Balaban J connectivity index is 2.57. The van der Waals surface area contributed by atoms with E-state index in [1.807, 2.05) is 6.92 Å². The number of hydrogen-bond acceptors (Lipinski definition) is 4. The Labute approximate surface area is 78.8 Å². The lowest BCUT2D eigenvalue weighted by molar-refractivity contribution is -0.145. The molecule has 76 valence electrons. The molecule has 1 fully saturated rings. The Morgan fingerprint density at radius 3 is 2.69 bits per heavy atom. The van der Waals surface area contributed by atoms with Crippen molar-refractivity contribution in [3.8, 4) is 0 Å². The summed E-state index contributed by atoms with van der Waals surface area (Å²) in [6, 6.07) is -0.111. The van der Waals surface area contributed by atoms with Crippen molar-refractivity contribution in [1.29, 1.82) is 0 Å². The number of carbonyl (C=O) groups is 1. The lowest BCUT2D eigenvalue weighted by Crippen LogP contribution is -2.36. The molecule has 0 bridgehead atoms. The number of hydrogen-bond donors (Lipinski definition) is 0. The summed E-state index contributed by atoms with van der Waals surface area (Å²) in [4.78, 5) is 13.4. The summed E-state index contributed by atoms with van der Waals surface area (Å²) >= 11 is 0. The van der Waals surface area contributed by atoms with Crippen LogP contribution in [-0.2, 0) is 14.3 Å². The molecule has 0 amide bonds. The number of esters is 1. The second-order valence-electron chi connectivity index (χ2n) is 3.22. The first-order valence-corrected chi connectivity index (χ1v) is 4.57. The number of nitrogens with zero attached hydrogens (tertiary/aromatic N) is 1. The van der Waals surface area contributed by atoms with Gasteiger partial charge in [-0.15, -0.1) is 0 Å². The maximum Gasteiger partial charge on any atom is 0.323 e. The summed E-state index contributed by atoms with van der Waals surface area (Å²) in [5, 5.41) is 0. The molecule has 1 rings (SSSR count). The third kappa shape index (κ3) is 2.19. The van der Waals surface area contributed by atoms with Crippen molar-refractivity contribution in [2.75, 3.05) is 27.3 Å². The van der Waals surface area contributed by atoms with Gasteiger partial charge in [-0.3, -0.25) is 9.69 Å². The normalized spacial score (nSPS) is 29.2. The molecule has 0 aliphatic carbocycles. The van der Waals surface area contributed by atoms with Crippen LogP contribution in [0.3, 0.4) is 0 Å². The molecule has 0 radical (unpaired) electrons. The highest BCUT2D eigenvalue weighted by Gasteiger charge is 2.36. The minimum absolute atomic E-state index is 0.111. The topological polar surface area (TPSA) is 38.8 Å². The average Bonchev–Trinajstić information content (AvgIpc) is 2.59. The van der Waals surface area contributed by atoms with Crippen LogP contribution in [0.25, 0.3) is 0 Å². The molecule has 0 spiro atoms. The van der Waals surface area contributed by atoms with Gasteiger partial charge in [0.15, 0.2) is 0 Å². The first-order valence-electron chi connectivity index (χ1n) is 4.57. The Morgan fingerprint density at radius 1 is 1.54 bits per heavy atom. The van der Waals surface area contributed by atoms with Crippen LogP contribution in [0.4, 0.5) is 0 Å². The lowest BCUT2D eigenvalue weighted by atomic mass is 10.2. The molecule has 4 nitrogen and oxygen atoms in total. The largest absolute Gasteiger partial charge is 0.468 e. The Hall–Kier alpha value is -0.610. The van der Waals surface area contributed by atoms with Gasteiger partial charge in [-0.25, -0.2) is 0 Å². The average molecular weight is 187 g/mol. The van der Waals surface area contributed by atoms with Crippen LogP contribution in [0.2, 0.25) is 0 Å². The second kappa shape index (κ2) is 4.58. The Morgan fingerprint density at radius 2 is 2.23 bits per heavy atom. The molecular weight excluding hydrogens is 170 g/mol. The number of likely N-dealkylation sites (N-methyl/N-ethyl adjacent to an activating group) is 1. The zero-order valence-electron chi connectivity index (χ0n) is 8.45. The number of ether oxygens (including phenoxy) is 2. The molecule has 0 aromatic carbocycles. The van der Waals surface area contributed by atoms with E-state index >= 15 is 0 Å². The molecule has 0 aromatic heterocycles. The van der Waals surface area contributed by atoms with E-state index in [0.717, 1.165) is 19.5 Å². The van der Waals surface area contributed by atoms with E-state index < -0.39 is 0 Å². The van der Waals surface area contributed by atoms with Gasteiger partial charge in [0.25, 0.3) is 0 Å². The van der Waals surface area contributed by atoms with Gasteiger partial charge in [-0.1, -0.05) is 6.92 Å². The van der Waals surface area contributed by atoms with Gasteiger partial charge >= 0.3 is 5.97 Å². The molecular formula is C9H17NO3. The molecule has 1 aliphatic rings. The van der Waals surface area contributed by atoms with Crippen molar-refractivity contribution in [1.82, 2.24) is 4.90 Å². The third-order valence-electron chi connectivity index (χ3n) is 2.58. The molecule has 13 heavy (non-hydrogen) atoms.